The van der Waals surface area contributed by atoms with Gasteiger partial charge in [-0.05, 0) is 49.2 Å². The minimum Gasteiger partial charge on any atom is -0.455 e. The van der Waals surface area contributed by atoms with Gasteiger partial charge in [-0.15, -0.1) is 0 Å². The number of halogens is 1. The number of amides is 1. The van der Waals surface area contributed by atoms with Crippen molar-refractivity contribution >= 4 is 11.6 Å². The smallest absolute Gasteiger partial charge is 0.248 e. The van der Waals surface area contributed by atoms with Gasteiger partial charge in [0.15, 0.2) is 5.75 Å². The summed E-state index contributed by atoms with van der Waals surface area (Å²) < 4.78 is 19.1. The Labute approximate surface area is 116 Å². The molecule has 0 spiro atoms. The molecule has 0 radical (unpaired) electrons. The predicted molar refractivity (Wildman–Crippen MR) is 75.3 cm³/mol. The molecule has 1 amide bonds. The summed E-state index contributed by atoms with van der Waals surface area (Å²) in [6.45, 7) is 3.56. The Morgan fingerprint density at radius 2 is 1.80 bits per heavy atom. The molecule has 0 aliphatic heterocycles. The van der Waals surface area contributed by atoms with Crippen LogP contribution in [0.2, 0.25) is 0 Å². The summed E-state index contributed by atoms with van der Waals surface area (Å²) in [5.74, 6) is -0.269. The van der Waals surface area contributed by atoms with Gasteiger partial charge in [0.25, 0.3) is 0 Å². The molecule has 0 atom stereocenters. The van der Waals surface area contributed by atoms with Gasteiger partial charge in [0.05, 0.1) is 0 Å². The van der Waals surface area contributed by atoms with Crippen molar-refractivity contribution in [3.8, 4) is 11.5 Å². The minimum absolute atomic E-state index is 0.0507. The van der Waals surface area contributed by atoms with E-state index < -0.39 is 11.7 Å². The zero-order valence-corrected chi connectivity index (χ0v) is 11.2. The summed E-state index contributed by atoms with van der Waals surface area (Å²) in [7, 11) is 0. The number of anilines is 1. The summed E-state index contributed by atoms with van der Waals surface area (Å²) in [5, 5.41) is 0. The maximum Gasteiger partial charge on any atom is 0.248 e. The molecule has 0 aliphatic carbocycles. The van der Waals surface area contributed by atoms with Crippen molar-refractivity contribution in [2.24, 2.45) is 5.73 Å². The lowest BCUT2D eigenvalue weighted by atomic mass is 10.1. The third kappa shape index (κ3) is 2.56. The number of benzene rings is 2. The normalized spacial score (nSPS) is 10.3. The van der Waals surface area contributed by atoms with Crippen molar-refractivity contribution in [1.82, 2.24) is 0 Å². The number of aryl methyl sites for hydroxylation is 2. The van der Waals surface area contributed by atoms with Crippen molar-refractivity contribution in [2.75, 3.05) is 5.73 Å². The van der Waals surface area contributed by atoms with Crippen LogP contribution in [0.25, 0.3) is 0 Å². The maximum absolute atomic E-state index is 13.4. The molecular weight excluding hydrogens is 259 g/mol. The van der Waals surface area contributed by atoms with Crippen LogP contribution < -0.4 is 16.2 Å². The van der Waals surface area contributed by atoms with Crippen molar-refractivity contribution < 1.29 is 13.9 Å². The molecule has 20 heavy (non-hydrogen) atoms. The van der Waals surface area contributed by atoms with Crippen LogP contribution in [0.15, 0.2) is 30.3 Å². The van der Waals surface area contributed by atoms with E-state index in [-0.39, 0.29) is 11.4 Å². The summed E-state index contributed by atoms with van der Waals surface area (Å²) >= 11 is 0. The Kier molecular flexibility index (Phi) is 3.61. The third-order valence-corrected chi connectivity index (χ3v) is 2.97. The molecular formula is C15H15FN2O2. The van der Waals surface area contributed by atoms with E-state index in [1.54, 1.807) is 32.0 Å². The van der Waals surface area contributed by atoms with Crippen LogP contribution in [0.3, 0.4) is 0 Å². The number of para-hydroxylation sites is 1. The van der Waals surface area contributed by atoms with Gasteiger partial charge in [0, 0.05) is 5.56 Å². The van der Waals surface area contributed by atoms with Crippen molar-refractivity contribution in [1.29, 1.82) is 0 Å². The SMILES string of the molecule is Cc1cc(C(N)=O)cc(C)c1Oc1cccc(F)c1N. The van der Waals surface area contributed by atoms with E-state index in [4.69, 9.17) is 16.2 Å². The number of nitrogens with two attached hydrogens (primary N) is 2. The first-order chi connectivity index (χ1) is 9.40. The molecule has 4 nitrogen and oxygen atoms in total. The molecule has 0 saturated heterocycles. The van der Waals surface area contributed by atoms with Gasteiger partial charge in [-0.1, -0.05) is 6.07 Å². The minimum atomic E-state index is -0.536. The fourth-order valence-electron chi connectivity index (χ4n) is 1.97. The standard InChI is InChI=1S/C15H15FN2O2/c1-8-6-10(15(18)19)7-9(2)14(8)20-12-5-3-4-11(16)13(12)17/h3-7H,17H2,1-2H3,(H2,18,19). The van der Waals surface area contributed by atoms with Gasteiger partial charge in [-0.2, -0.15) is 0 Å². The van der Waals surface area contributed by atoms with E-state index in [0.717, 1.165) is 11.1 Å². The van der Waals surface area contributed by atoms with Crippen LogP contribution in [0.1, 0.15) is 21.5 Å². The zero-order valence-electron chi connectivity index (χ0n) is 11.2. The summed E-state index contributed by atoms with van der Waals surface area (Å²) in [5.41, 5.74) is 12.7. The molecule has 0 unspecified atom stereocenters. The van der Waals surface area contributed by atoms with Crippen molar-refractivity contribution in [3.05, 3.63) is 52.8 Å². The molecule has 0 saturated carbocycles. The Bertz CT molecular complexity index is 661. The summed E-state index contributed by atoms with van der Waals surface area (Å²) in [6.07, 6.45) is 0. The van der Waals surface area contributed by atoms with Gasteiger partial charge in [-0.25, -0.2) is 4.39 Å². The van der Waals surface area contributed by atoms with E-state index in [1.165, 1.54) is 12.1 Å². The lowest BCUT2D eigenvalue weighted by Crippen LogP contribution is -2.11. The quantitative estimate of drug-likeness (QED) is 0.845. The highest BCUT2D eigenvalue weighted by Gasteiger charge is 2.13. The highest BCUT2D eigenvalue weighted by Crippen LogP contribution is 2.33. The second-order valence-corrected chi connectivity index (χ2v) is 4.56. The first-order valence-electron chi connectivity index (χ1n) is 6.03. The van der Waals surface area contributed by atoms with Gasteiger partial charge in [0.1, 0.15) is 17.3 Å². The fourth-order valence-corrected chi connectivity index (χ4v) is 1.97. The summed E-state index contributed by atoms with van der Waals surface area (Å²) in [6, 6.07) is 7.61. The molecule has 0 heterocycles. The number of primary amides is 1. The third-order valence-electron chi connectivity index (χ3n) is 2.97. The van der Waals surface area contributed by atoms with E-state index in [1.807, 2.05) is 0 Å². The lowest BCUT2D eigenvalue weighted by molar-refractivity contribution is 0.1000. The topological polar surface area (TPSA) is 78.3 Å². The number of hydrogen-bond donors (Lipinski definition) is 2. The van der Waals surface area contributed by atoms with Crippen LogP contribution in [-0.4, -0.2) is 5.91 Å². The Balaban J connectivity index is 2.44. The van der Waals surface area contributed by atoms with Crippen LogP contribution in [-0.2, 0) is 0 Å². The second-order valence-electron chi connectivity index (χ2n) is 4.56. The van der Waals surface area contributed by atoms with Crippen LogP contribution in [0, 0.1) is 19.7 Å². The number of rotatable bonds is 3. The van der Waals surface area contributed by atoms with Crippen LogP contribution in [0.4, 0.5) is 10.1 Å². The molecule has 0 aromatic heterocycles. The highest BCUT2D eigenvalue weighted by atomic mass is 19.1. The van der Waals surface area contributed by atoms with E-state index in [9.17, 15) is 9.18 Å². The van der Waals surface area contributed by atoms with Gasteiger partial charge < -0.3 is 16.2 Å². The number of nitrogen functional groups attached to an aromatic ring is 1. The second kappa shape index (κ2) is 5.21. The molecule has 104 valence electrons. The Morgan fingerprint density at radius 1 is 1.20 bits per heavy atom. The van der Waals surface area contributed by atoms with E-state index in [0.29, 0.717) is 11.3 Å². The molecule has 0 bridgehead atoms. The zero-order chi connectivity index (χ0) is 14.9. The predicted octanol–water partition coefficient (Wildman–Crippen LogP) is 2.92. The molecule has 0 aliphatic rings. The summed E-state index contributed by atoms with van der Waals surface area (Å²) in [4.78, 5) is 11.2. The average Bonchev–Trinajstić information content (AvgIpc) is 2.38. The molecule has 0 fully saturated rings. The van der Waals surface area contributed by atoms with Gasteiger partial charge in [0.2, 0.25) is 5.91 Å². The van der Waals surface area contributed by atoms with Crippen molar-refractivity contribution in [3.63, 3.8) is 0 Å². The maximum atomic E-state index is 13.4. The molecule has 2 rings (SSSR count). The molecule has 2 aromatic carbocycles. The molecule has 4 N–H and O–H groups in total. The monoisotopic (exact) mass is 274 g/mol. The van der Waals surface area contributed by atoms with Gasteiger partial charge >= 0.3 is 0 Å². The first-order valence-corrected chi connectivity index (χ1v) is 6.03. The average molecular weight is 274 g/mol. The first kappa shape index (κ1) is 13.9. The Morgan fingerprint density at radius 3 is 2.35 bits per heavy atom. The largest absolute Gasteiger partial charge is 0.455 e. The fraction of sp³-hybridized carbons (Fsp3) is 0.133. The highest BCUT2D eigenvalue weighted by molar-refractivity contribution is 5.93. The number of ether oxygens (including phenoxy) is 1. The number of carbonyl (C=O) groups excluding carboxylic acids is 1. The number of hydrogen-bond acceptors (Lipinski definition) is 3. The van der Waals surface area contributed by atoms with Gasteiger partial charge in [-0.3, -0.25) is 4.79 Å². The van der Waals surface area contributed by atoms with Crippen molar-refractivity contribution in [2.45, 2.75) is 13.8 Å². The van der Waals surface area contributed by atoms with Crippen LogP contribution >= 0.6 is 0 Å². The molecule has 2 aromatic rings. The van der Waals surface area contributed by atoms with Crippen LogP contribution in [0.5, 0.6) is 11.5 Å². The molecule has 5 heteroatoms. The van der Waals surface area contributed by atoms with E-state index in [2.05, 4.69) is 0 Å². The number of carbonyl (C=O) groups is 1. The van der Waals surface area contributed by atoms with E-state index >= 15 is 0 Å². The lowest BCUT2D eigenvalue weighted by Gasteiger charge is -2.14. The Hall–Kier alpha value is -2.56.